The van der Waals surface area contributed by atoms with Crippen LogP contribution in [0.25, 0.3) is 0 Å². The first kappa shape index (κ1) is 11.2. The number of thiophene rings is 1. The molecule has 0 aliphatic heterocycles. The number of methoxy groups -OCH3 is 1. The van der Waals surface area contributed by atoms with Crippen molar-refractivity contribution >= 4 is 27.3 Å². The molecule has 1 N–H and O–H groups in total. The molecule has 1 aromatic rings. The second kappa shape index (κ2) is 5.75. The molecule has 74 valence electrons. The Morgan fingerprint density at radius 3 is 3.00 bits per heavy atom. The van der Waals surface area contributed by atoms with Crippen molar-refractivity contribution in [3.8, 4) is 0 Å². The molecular formula is C9H13BrO2S. The van der Waals surface area contributed by atoms with E-state index in [1.165, 1.54) is 0 Å². The SMILES string of the molecule is COCCCC(O)c1cc(Br)cs1. The third-order valence-corrected chi connectivity index (χ3v) is 3.54. The molecule has 0 aliphatic carbocycles. The minimum atomic E-state index is -0.341. The molecule has 0 aromatic carbocycles. The number of ether oxygens (including phenoxy) is 1. The van der Waals surface area contributed by atoms with Crippen LogP contribution in [0.1, 0.15) is 23.8 Å². The molecule has 4 heteroatoms. The molecule has 1 rings (SSSR count). The van der Waals surface area contributed by atoms with E-state index in [-0.39, 0.29) is 6.10 Å². The maximum absolute atomic E-state index is 9.69. The molecule has 0 saturated carbocycles. The van der Waals surface area contributed by atoms with Crippen molar-refractivity contribution in [2.75, 3.05) is 13.7 Å². The largest absolute Gasteiger partial charge is 0.388 e. The average Bonchev–Trinajstić information content (AvgIpc) is 2.52. The molecule has 1 aromatic heterocycles. The standard InChI is InChI=1S/C9H13BrO2S/c1-12-4-2-3-8(11)9-5-7(10)6-13-9/h5-6,8,11H,2-4H2,1H3. The van der Waals surface area contributed by atoms with Crippen LogP contribution in [-0.4, -0.2) is 18.8 Å². The second-order valence-electron chi connectivity index (χ2n) is 2.82. The summed E-state index contributed by atoms with van der Waals surface area (Å²) >= 11 is 4.93. The van der Waals surface area contributed by atoms with Gasteiger partial charge in [0.2, 0.25) is 0 Å². The van der Waals surface area contributed by atoms with Crippen LogP contribution in [0.5, 0.6) is 0 Å². The minimum Gasteiger partial charge on any atom is -0.388 e. The highest BCUT2D eigenvalue weighted by molar-refractivity contribution is 9.10. The summed E-state index contributed by atoms with van der Waals surface area (Å²) in [5.74, 6) is 0. The number of rotatable bonds is 5. The predicted molar refractivity (Wildman–Crippen MR) is 58.1 cm³/mol. The molecule has 0 spiro atoms. The summed E-state index contributed by atoms with van der Waals surface area (Å²) in [6.45, 7) is 0.712. The Morgan fingerprint density at radius 2 is 2.46 bits per heavy atom. The third kappa shape index (κ3) is 3.77. The van der Waals surface area contributed by atoms with E-state index in [4.69, 9.17) is 4.74 Å². The van der Waals surface area contributed by atoms with Crippen LogP contribution in [0.4, 0.5) is 0 Å². The van der Waals surface area contributed by atoms with E-state index in [0.29, 0.717) is 6.61 Å². The maximum Gasteiger partial charge on any atom is 0.0883 e. The monoisotopic (exact) mass is 264 g/mol. The lowest BCUT2D eigenvalue weighted by molar-refractivity contribution is 0.138. The molecule has 2 nitrogen and oxygen atoms in total. The van der Waals surface area contributed by atoms with Crippen LogP contribution in [0.15, 0.2) is 15.9 Å². The topological polar surface area (TPSA) is 29.5 Å². The van der Waals surface area contributed by atoms with Gasteiger partial charge < -0.3 is 9.84 Å². The van der Waals surface area contributed by atoms with E-state index < -0.39 is 0 Å². The van der Waals surface area contributed by atoms with Crippen molar-refractivity contribution in [3.63, 3.8) is 0 Å². The van der Waals surface area contributed by atoms with Gasteiger partial charge >= 0.3 is 0 Å². The summed E-state index contributed by atoms with van der Waals surface area (Å²) in [4.78, 5) is 1.02. The van der Waals surface area contributed by atoms with E-state index in [2.05, 4.69) is 15.9 Å². The fourth-order valence-corrected chi connectivity index (χ4v) is 2.53. The molecule has 0 saturated heterocycles. The van der Waals surface area contributed by atoms with Gasteiger partial charge in [-0.25, -0.2) is 0 Å². The second-order valence-corrected chi connectivity index (χ2v) is 4.68. The van der Waals surface area contributed by atoms with Gasteiger partial charge in [-0.15, -0.1) is 11.3 Å². The Labute approximate surface area is 90.7 Å². The first-order valence-corrected chi connectivity index (χ1v) is 5.82. The molecule has 1 atom stereocenters. The Balaban J connectivity index is 2.35. The number of hydrogen-bond donors (Lipinski definition) is 1. The van der Waals surface area contributed by atoms with Crippen molar-refractivity contribution in [1.29, 1.82) is 0 Å². The Kier molecular flexibility index (Phi) is 4.94. The van der Waals surface area contributed by atoms with Gasteiger partial charge in [0.25, 0.3) is 0 Å². The smallest absolute Gasteiger partial charge is 0.0883 e. The lowest BCUT2D eigenvalue weighted by Crippen LogP contribution is -1.97. The van der Waals surface area contributed by atoms with Gasteiger partial charge in [0.15, 0.2) is 0 Å². The van der Waals surface area contributed by atoms with Crippen molar-refractivity contribution in [2.45, 2.75) is 18.9 Å². The zero-order chi connectivity index (χ0) is 9.68. The zero-order valence-corrected chi connectivity index (χ0v) is 9.90. The fraction of sp³-hybridized carbons (Fsp3) is 0.556. The first-order chi connectivity index (χ1) is 6.24. The van der Waals surface area contributed by atoms with E-state index in [1.54, 1.807) is 18.4 Å². The third-order valence-electron chi connectivity index (χ3n) is 1.74. The minimum absolute atomic E-state index is 0.341. The summed E-state index contributed by atoms with van der Waals surface area (Å²) in [7, 11) is 1.67. The average molecular weight is 265 g/mol. The van der Waals surface area contributed by atoms with Crippen LogP contribution < -0.4 is 0 Å². The number of aliphatic hydroxyl groups excluding tert-OH is 1. The molecule has 0 bridgehead atoms. The van der Waals surface area contributed by atoms with Crippen molar-refractivity contribution in [3.05, 3.63) is 20.8 Å². The molecule has 0 aliphatic rings. The summed E-state index contributed by atoms with van der Waals surface area (Å²) < 4.78 is 5.96. The maximum atomic E-state index is 9.69. The number of aliphatic hydroxyl groups is 1. The highest BCUT2D eigenvalue weighted by Crippen LogP contribution is 2.27. The van der Waals surface area contributed by atoms with Crippen LogP contribution in [0.2, 0.25) is 0 Å². The lowest BCUT2D eigenvalue weighted by atomic mass is 10.2. The quantitative estimate of drug-likeness (QED) is 0.829. The van der Waals surface area contributed by atoms with Crippen molar-refractivity contribution in [2.24, 2.45) is 0 Å². The molecule has 0 fully saturated rings. The molecule has 0 radical (unpaired) electrons. The van der Waals surface area contributed by atoms with Gasteiger partial charge in [0, 0.05) is 28.4 Å². The van der Waals surface area contributed by atoms with Crippen LogP contribution >= 0.6 is 27.3 Å². The van der Waals surface area contributed by atoms with Crippen molar-refractivity contribution < 1.29 is 9.84 Å². The normalized spacial score (nSPS) is 13.2. The van der Waals surface area contributed by atoms with Gasteiger partial charge in [-0.3, -0.25) is 0 Å². The van der Waals surface area contributed by atoms with Gasteiger partial charge in [0.1, 0.15) is 0 Å². The van der Waals surface area contributed by atoms with Crippen LogP contribution in [0.3, 0.4) is 0 Å². The van der Waals surface area contributed by atoms with Gasteiger partial charge in [-0.1, -0.05) is 0 Å². The number of hydrogen-bond acceptors (Lipinski definition) is 3. The summed E-state index contributed by atoms with van der Waals surface area (Å²) in [6.07, 6.45) is 1.32. The zero-order valence-electron chi connectivity index (χ0n) is 7.50. The van der Waals surface area contributed by atoms with E-state index >= 15 is 0 Å². The van der Waals surface area contributed by atoms with E-state index in [1.807, 2.05) is 11.4 Å². The Hall–Kier alpha value is 0.1000. The van der Waals surface area contributed by atoms with Crippen LogP contribution in [0, 0.1) is 0 Å². The van der Waals surface area contributed by atoms with Gasteiger partial charge in [-0.05, 0) is 34.8 Å². The first-order valence-electron chi connectivity index (χ1n) is 4.15. The van der Waals surface area contributed by atoms with Gasteiger partial charge in [0.05, 0.1) is 6.10 Å². The fourth-order valence-electron chi connectivity index (χ4n) is 1.07. The predicted octanol–water partition coefficient (Wildman–Crippen LogP) is 2.97. The summed E-state index contributed by atoms with van der Waals surface area (Å²) in [6, 6.07) is 1.96. The van der Waals surface area contributed by atoms with E-state index in [0.717, 1.165) is 22.2 Å². The summed E-state index contributed by atoms with van der Waals surface area (Å²) in [5.41, 5.74) is 0. The Morgan fingerprint density at radius 1 is 1.69 bits per heavy atom. The number of halogens is 1. The molecule has 13 heavy (non-hydrogen) atoms. The Bertz CT molecular complexity index is 250. The molecular weight excluding hydrogens is 252 g/mol. The van der Waals surface area contributed by atoms with Gasteiger partial charge in [-0.2, -0.15) is 0 Å². The molecule has 1 unspecified atom stereocenters. The highest BCUT2D eigenvalue weighted by atomic mass is 79.9. The molecule has 0 amide bonds. The molecule has 1 heterocycles. The summed E-state index contributed by atoms with van der Waals surface area (Å²) in [5, 5.41) is 11.7. The van der Waals surface area contributed by atoms with Crippen LogP contribution in [-0.2, 0) is 4.74 Å². The lowest BCUT2D eigenvalue weighted by Gasteiger charge is -2.06. The van der Waals surface area contributed by atoms with Crippen molar-refractivity contribution in [1.82, 2.24) is 0 Å². The van der Waals surface area contributed by atoms with E-state index in [9.17, 15) is 5.11 Å². The highest BCUT2D eigenvalue weighted by Gasteiger charge is 2.08.